The first kappa shape index (κ1) is 32.0. The first-order valence-corrected chi connectivity index (χ1v) is 16.7. The second-order valence-corrected chi connectivity index (χ2v) is 13.9. The van der Waals surface area contributed by atoms with Crippen molar-refractivity contribution in [2.45, 2.75) is 74.2 Å². The number of hydrogen-bond acceptors (Lipinski definition) is 5. The molecule has 0 aliphatic carbocycles. The lowest BCUT2D eigenvalue weighted by molar-refractivity contribution is -0.148. The van der Waals surface area contributed by atoms with Crippen molar-refractivity contribution in [1.82, 2.24) is 14.7 Å². The SMILES string of the molecule is C=CCN(Cc1ccccc1)C(=O)[C@@H]1[C@H]2C(=O)N([C@H](CO)c3ccccc3)C(C(=O)N(CC=C)C(C)CCC)C23CC[C@H]1S3. The van der Waals surface area contributed by atoms with Crippen molar-refractivity contribution in [2.75, 3.05) is 19.7 Å². The number of nitrogens with zero attached hydrogens (tertiary/aromatic N) is 3. The van der Waals surface area contributed by atoms with Crippen molar-refractivity contribution >= 4 is 29.5 Å². The number of thioether (sulfide) groups is 1. The first-order valence-electron chi connectivity index (χ1n) is 15.8. The van der Waals surface area contributed by atoms with Gasteiger partial charge in [-0.25, -0.2) is 0 Å². The van der Waals surface area contributed by atoms with Gasteiger partial charge in [0.25, 0.3) is 0 Å². The molecule has 8 heteroatoms. The van der Waals surface area contributed by atoms with Gasteiger partial charge in [0, 0.05) is 30.9 Å². The minimum absolute atomic E-state index is 0.0443. The van der Waals surface area contributed by atoms with Gasteiger partial charge in [0.05, 0.1) is 29.2 Å². The molecule has 2 aromatic rings. The molecule has 7 atom stereocenters. The van der Waals surface area contributed by atoms with Gasteiger partial charge in [-0.15, -0.1) is 24.9 Å². The maximum Gasteiger partial charge on any atom is 0.247 e. The molecule has 0 radical (unpaired) electrons. The van der Waals surface area contributed by atoms with Gasteiger partial charge >= 0.3 is 0 Å². The highest BCUT2D eigenvalue weighted by atomic mass is 32.2. The van der Waals surface area contributed by atoms with Crippen LogP contribution in [0.5, 0.6) is 0 Å². The molecule has 7 nitrogen and oxygen atoms in total. The van der Waals surface area contributed by atoms with Gasteiger partial charge in [-0.1, -0.05) is 86.2 Å². The highest BCUT2D eigenvalue weighted by molar-refractivity contribution is 8.02. The molecule has 234 valence electrons. The van der Waals surface area contributed by atoms with Gasteiger partial charge in [-0.05, 0) is 37.3 Å². The molecule has 3 aliphatic rings. The Labute approximate surface area is 266 Å². The minimum Gasteiger partial charge on any atom is -0.394 e. The number of aliphatic hydroxyl groups excluding tert-OH is 1. The second kappa shape index (κ2) is 13.7. The number of aliphatic hydroxyl groups is 1. The Morgan fingerprint density at radius 2 is 1.73 bits per heavy atom. The molecule has 3 unspecified atom stereocenters. The highest BCUT2D eigenvalue weighted by Gasteiger charge is 2.74. The Morgan fingerprint density at radius 1 is 1.07 bits per heavy atom. The summed E-state index contributed by atoms with van der Waals surface area (Å²) in [7, 11) is 0. The molecule has 0 saturated carbocycles. The van der Waals surface area contributed by atoms with E-state index < -0.39 is 28.7 Å². The maximum atomic E-state index is 14.8. The lowest BCUT2D eigenvalue weighted by atomic mass is 9.70. The number of likely N-dealkylation sites (tertiary alicyclic amines) is 1. The average molecular weight is 616 g/mol. The Hall–Kier alpha value is -3.36. The summed E-state index contributed by atoms with van der Waals surface area (Å²) in [5, 5.41) is 10.7. The fraction of sp³-hybridized carbons (Fsp3) is 0.472. The minimum atomic E-state index is -0.800. The van der Waals surface area contributed by atoms with Crippen LogP contribution in [0, 0.1) is 11.8 Å². The van der Waals surface area contributed by atoms with Gasteiger partial charge in [0.15, 0.2) is 0 Å². The third-order valence-corrected chi connectivity index (χ3v) is 11.6. The molecule has 3 heterocycles. The standard InChI is InChI=1S/C36H45N3O4S/c1-5-14-25(4)38(22-7-3)35(43)32-36-20-19-29(44-36)30(33(41)37(21-6-2)23-26-15-10-8-11-16-26)31(36)34(42)39(32)28(24-40)27-17-12-9-13-18-27/h6-13,15-18,25,28-32,40H,2-3,5,14,19-24H2,1,4H3/t25?,28-,29-,30+,31+,32?,36?/m1/s1. The summed E-state index contributed by atoms with van der Waals surface area (Å²) in [5.41, 5.74) is 1.78. The Bertz CT molecular complexity index is 1350. The Kier molecular flexibility index (Phi) is 10.0. The lowest BCUT2D eigenvalue weighted by Gasteiger charge is -2.41. The zero-order chi connectivity index (χ0) is 31.4. The number of rotatable bonds is 14. The van der Waals surface area contributed by atoms with Crippen LogP contribution in [-0.4, -0.2) is 79.3 Å². The van der Waals surface area contributed by atoms with Crippen LogP contribution in [0.4, 0.5) is 0 Å². The van der Waals surface area contributed by atoms with E-state index >= 15 is 0 Å². The van der Waals surface area contributed by atoms with Crippen LogP contribution in [0.2, 0.25) is 0 Å². The van der Waals surface area contributed by atoms with Crippen molar-refractivity contribution in [3.63, 3.8) is 0 Å². The fourth-order valence-electron chi connectivity index (χ4n) is 7.78. The largest absolute Gasteiger partial charge is 0.394 e. The van der Waals surface area contributed by atoms with Crippen LogP contribution >= 0.6 is 11.8 Å². The van der Waals surface area contributed by atoms with E-state index in [1.807, 2.05) is 72.5 Å². The van der Waals surface area contributed by atoms with Gasteiger partial charge in [-0.3, -0.25) is 14.4 Å². The highest BCUT2D eigenvalue weighted by Crippen LogP contribution is 2.67. The van der Waals surface area contributed by atoms with Crippen LogP contribution in [0.15, 0.2) is 86.0 Å². The van der Waals surface area contributed by atoms with E-state index in [1.165, 1.54) is 0 Å². The number of carbonyl (C=O) groups is 3. The molecule has 3 aliphatic heterocycles. The van der Waals surface area contributed by atoms with E-state index in [2.05, 4.69) is 20.1 Å². The van der Waals surface area contributed by atoms with E-state index in [0.717, 1.165) is 30.4 Å². The summed E-state index contributed by atoms with van der Waals surface area (Å²) in [6, 6.07) is 17.7. The molecule has 3 amide bonds. The van der Waals surface area contributed by atoms with Gasteiger partial charge in [-0.2, -0.15) is 0 Å². The average Bonchev–Trinajstić information content (AvgIpc) is 3.68. The molecule has 0 aromatic heterocycles. The molecule has 2 bridgehead atoms. The van der Waals surface area contributed by atoms with Crippen LogP contribution in [0.1, 0.15) is 56.7 Å². The number of benzene rings is 2. The van der Waals surface area contributed by atoms with Gasteiger partial charge in [0.1, 0.15) is 6.04 Å². The topological polar surface area (TPSA) is 81.2 Å². The van der Waals surface area contributed by atoms with Crippen LogP contribution in [0.3, 0.4) is 0 Å². The molecular weight excluding hydrogens is 570 g/mol. The zero-order valence-corrected chi connectivity index (χ0v) is 26.7. The smallest absolute Gasteiger partial charge is 0.247 e. The molecule has 5 rings (SSSR count). The summed E-state index contributed by atoms with van der Waals surface area (Å²) >= 11 is 1.66. The van der Waals surface area contributed by atoms with Crippen LogP contribution in [-0.2, 0) is 20.9 Å². The second-order valence-electron chi connectivity index (χ2n) is 12.3. The number of carbonyl (C=O) groups excluding carboxylic acids is 3. The molecular formula is C36H45N3O4S. The Morgan fingerprint density at radius 3 is 2.34 bits per heavy atom. The van der Waals surface area contributed by atoms with E-state index in [0.29, 0.717) is 26.1 Å². The summed E-state index contributed by atoms with van der Waals surface area (Å²) < 4.78 is -0.751. The van der Waals surface area contributed by atoms with Crippen molar-refractivity contribution in [3.8, 4) is 0 Å². The summed E-state index contributed by atoms with van der Waals surface area (Å²) in [4.78, 5) is 49.4. The lowest BCUT2D eigenvalue weighted by Crippen LogP contribution is -2.57. The fourth-order valence-corrected chi connectivity index (χ4v) is 9.97. The maximum absolute atomic E-state index is 14.8. The molecule has 1 N–H and O–H groups in total. The summed E-state index contributed by atoms with van der Waals surface area (Å²) in [6.45, 7) is 12.8. The monoisotopic (exact) mass is 615 g/mol. The quantitative estimate of drug-likeness (QED) is 0.295. The van der Waals surface area contributed by atoms with Gasteiger partial charge in [0.2, 0.25) is 17.7 Å². The number of fused-ring (bicyclic) bond motifs is 1. The number of hydrogen-bond donors (Lipinski definition) is 1. The van der Waals surface area contributed by atoms with E-state index in [-0.39, 0.29) is 35.6 Å². The first-order chi connectivity index (χ1) is 21.3. The predicted molar refractivity (Wildman–Crippen MR) is 176 cm³/mol. The summed E-state index contributed by atoms with van der Waals surface area (Å²) in [5.74, 6) is -1.60. The van der Waals surface area contributed by atoms with Gasteiger partial charge < -0.3 is 19.8 Å². The molecule has 2 aromatic carbocycles. The number of amides is 3. The normalized spacial score (nSPS) is 26.6. The predicted octanol–water partition coefficient (Wildman–Crippen LogP) is 5.23. The van der Waals surface area contributed by atoms with Crippen LogP contribution < -0.4 is 0 Å². The van der Waals surface area contributed by atoms with Crippen LogP contribution in [0.25, 0.3) is 0 Å². The molecule has 3 saturated heterocycles. The van der Waals surface area contributed by atoms with Crippen molar-refractivity contribution in [1.29, 1.82) is 0 Å². The van der Waals surface area contributed by atoms with Crippen molar-refractivity contribution in [3.05, 3.63) is 97.1 Å². The third kappa shape index (κ3) is 5.63. The third-order valence-electron chi connectivity index (χ3n) is 9.67. The van der Waals surface area contributed by atoms with E-state index in [9.17, 15) is 19.5 Å². The summed E-state index contributed by atoms with van der Waals surface area (Å²) in [6.07, 6.45) is 6.64. The van der Waals surface area contributed by atoms with E-state index in [1.54, 1.807) is 33.7 Å². The van der Waals surface area contributed by atoms with Crippen molar-refractivity contribution < 1.29 is 19.5 Å². The molecule has 1 spiro atoms. The van der Waals surface area contributed by atoms with Crippen molar-refractivity contribution in [2.24, 2.45) is 11.8 Å². The molecule has 3 fully saturated rings. The molecule has 44 heavy (non-hydrogen) atoms. The zero-order valence-electron chi connectivity index (χ0n) is 25.9. The Balaban J connectivity index is 1.58. The van der Waals surface area contributed by atoms with E-state index in [4.69, 9.17) is 0 Å².